The van der Waals surface area contributed by atoms with Crippen molar-refractivity contribution in [1.82, 2.24) is 4.72 Å². The molecule has 20 heavy (non-hydrogen) atoms. The summed E-state index contributed by atoms with van der Waals surface area (Å²) in [6, 6.07) is 6.09. The van der Waals surface area contributed by atoms with E-state index < -0.39 is 10.0 Å². The summed E-state index contributed by atoms with van der Waals surface area (Å²) in [5, 5.41) is 8.85. The maximum absolute atomic E-state index is 12.4. The minimum Gasteiger partial charge on any atom is -0.208 e. The summed E-state index contributed by atoms with van der Waals surface area (Å²) in [6.45, 7) is 4.19. The molecule has 0 saturated heterocycles. The molecule has 0 bridgehead atoms. The number of hydrogen-bond donors (Lipinski definition) is 1. The monoisotopic (exact) mass is 312 g/mol. The zero-order valence-corrected chi connectivity index (χ0v) is 13.0. The average molecular weight is 313 g/mol. The molecule has 6 heteroatoms. The minimum atomic E-state index is -3.65. The predicted molar refractivity (Wildman–Crippen MR) is 77.8 cm³/mol. The highest BCUT2D eigenvalue weighted by molar-refractivity contribution is 7.89. The lowest BCUT2D eigenvalue weighted by Crippen LogP contribution is -2.37. The van der Waals surface area contributed by atoms with Gasteiger partial charge >= 0.3 is 0 Å². The van der Waals surface area contributed by atoms with Gasteiger partial charge in [0.05, 0.1) is 16.7 Å². The summed E-state index contributed by atoms with van der Waals surface area (Å²) >= 11 is 5.97. The van der Waals surface area contributed by atoms with Crippen molar-refractivity contribution >= 4 is 21.6 Å². The van der Waals surface area contributed by atoms with Crippen molar-refractivity contribution in [2.45, 2.75) is 37.6 Å². The molecule has 1 aliphatic rings. The van der Waals surface area contributed by atoms with E-state index in [0.717, 1.165) is 12.8 Å². The summed E-state index contributed by atoms with van der Waals surface area (Å²) in [4.78, 5) is 0.0323. The Morgan fingerprint density at radius 3 is 2.55 bits per heavy atom. The van der Waals surface area contributed by atoms with E-state index in [9.17, 15) is 8.42 Å². The van der Waals surface area contributed by atoms with E-state index in [-0.39, 0.29) is 16.0 Å². The van der Waals surface area contributed by atoms with Crippen LogP contribution in [0.15, 0.2) is 23.1 Å². The topological polar surface area (TPSA) is 70.0 Å². The third kappa shape index (κ3) is 2.98. The molecule has 1 saturated carbocycles. The molecule has 2 rings (SSSR count). The number of benzene rings is 1. The lowest BCUT2D eigenvalue weighted by atomic mass is 9.98. The van der Waals surface area contributed by atoms with Crippen LogP contribution >= 0.6 is 11.6 Å². The zero-order chi connectivity index (χ0) is 14.9. The fourth-order valence-electron chi connectivity index (χ4n) is 2.58. The molecule has 0 aliphatic heterocycles. The summed E-state index contributed by atoms with van der Waals surface area (Å²) < 4.78 is 27.5. The predicted octanol–water partition coefficient (Wildman–Crippen LogP) is 2.92. The Morgan fingerprint density at radius 2 is 2.05 bits per heavy atom. The number of rotatable bonds is 3. The quantitative estimate of drug-likeness (QED) is 0.933. The van der Waals surface area contributed by atoms with E-state index in [2.05, 4.69) is 18.6 Å². The minimum absolute atomic E-state index is 0.0323. The van der Waals surface area contributed by atoms with Gasteiger partial charge in [-0.15, -0.1) is 0 Å². The molecule has 1 N–H and O–H groups in total. The van der Waals surface area contributed by atoms with Gasteiger partial charge in [0, 0.05) is 6.04 Å². The van der Waals surface area contributed by atoms with Crippen LogP contribution in [0.1, 0.15) is 32.3 Å². The number of nitrogens with zero attached hydrogens (tertiary/aromatic N) is 1. The van der Waals surface area contributed by atoms with Gasteiger partial charge in [-0.05, 0) is 42.9 Å². The summed E-state index contributed by atoms with van der Waals surface area (Å²) in [7, 11) is -3.65. The first-order chi connectivity index (χ1) is 9.35. The van der Waals surface area contributed by atoms with Crippen LogP contribution in [0.3, 0.4) is 0 Å². The molecule has 4 nitrogen and oxygen atoms in total. The number of nitrogens with one attached hydrogen (secondary N) is 1. The van der Waals surface area contributed by atoms with Crippen molar-refractivity contribution in [2.24, 2.45) is 11.8 Å². The highest BCUT2D eigenvalue weighted by atomic mass is 35.5. The van der Waals surface area contributed by atoms with Crippen molar-refractivity contribution in [1.29, 1.82) is 5.26 Å². The van der Waals surface area contributed by atoms with E-state index in [1.807, 2.05) is 6.07 Å². The second-order valence-electron chi connectivity index (χ2n) is 5.40. The smallest absolute Gasteiger partial charge is 0.208 e. The first-order valence-electron chi connectivity index (χ1n) is 6.57. The Labute approximate surface area is 124 Å². The SMILES string of the molecule is CC1CCC(NS(=O)(=O)c2ccc(C#N)cc2Cl)C1C. The molecule has 3 unspecified atom stereocenters. The number of nitriles is 1. The Morgan fingerprint density at radius 1 is 1.35 bits per heavy atom. The van der Waals surface area contributed by atoms with Crippen LogP contribution in [-0.2, 0) is 10.0 Å². The molecule has 0 aromatic heterocycles. The Hall–Kier alpha value is -1.09. The largest absolute Gasteiger partial charge is 0.242 e. The van der Waals surface area contributed by atoms with Crippen LogP contribution in [0.2, 0.25) is 5.02 Å². The fraction of sp³-hybridized carbons (Fsp3) is 0.500. The van der Waals surface area contributed by atoms with E-state index in [1.54, 1.807) is 0 Å². The molecule has 0 amide bonds. The second-order valence-corrected chi connectivity index (χ2v) is 7.49. The van der Waals surface area contributed by atoms with Crippen LogP contribution in [-0.4, -0.2) is 14.5 Å². The fourth-order valence-corrected chi connectivity index (χ4v) is 4.49. The summed E-state index contributed by atoms with van der Waals surface area (Å²) in [5.41, 5.74) is 0.344. The first kappa shape index (κ1) is 15.3. The van der Waals surface area contributed by atoms with Crippen LogP contribution in [0.5, 0.6) is 0 Å². The normalized spacial score (nSPS) is 26.4. The molecule has 0 spiro atoms. The lowest BCUT2D eigenvalue weighted by molar-refractivity contribution is 0.402. The highest BCUT2D eigenvalue weighted by Crippen LogP contribution is 2.32. The van der Waals surface area contributed by atoms with Gasteiger partial charge < -0.3 is 0 Å². The van der Waals surface area contributed by atoms with E-state index >= 15 is 0 Å². The van der Waals surface area contributed by atoms with Gasteiger partial charge in [0.2, 0.25) is 10.0 Å². The van der Waals surface area contributed by atoms with Gasteiger partial charge in [-0.3, -0.25) is 0 Å². The second kappa shape index (κ2) is 5.72. The van der Waals surface area contributed by atoms with Crippen molar-refractivity contribution in [3.8, 4) is 6.07 Å². The van der Waals surface area contributed by atoms with Gasteiger partial charge in [0.25, 0.3) is 0 Å². The van der Waals surface area contributed by atoms with Crippen molar-refractivity contribution < 1.29 is 8.42 Å². The summed E-state index contributed by atoms with van der Waals surface area (Å²) in [5.74, 6) is 0.820. The van der Waals surface area contributed by atoms with Crippen LogP contribution in [0.4, 0.5) is 0 Å². The molecule has 1 aromatic carbocycles. The van der Waals surface area contributed by atoms with Gasteiger partial charge in [0.15, 0.2) is 0 Å². The van der Waals surface area contributed by atoms with Crippen LogP contribution in [0, 0.1) is 23.2 Å². The molecular weight excluding hydrogens is 296 g/mol. The van der Waals surface area contributed by atoms with Gasteiger partial charge in [-0.2, -0.15) is 5.26 Å². The van der Waals surface area contributed by atoms with E-state index in [0.29, 0.717) is 17.4 Å². The molecule has 1 fully saturated rings. The lowest BCUT2D eigenvalue weighted by Gasteiger charge is -2.20. The number of halogens is 1. The molecule has 108 valence electrons. The number of sulfonamides is 1. The van der Waals surface area contributed by atoms with Crippen LogP contribution in [0.25, 0.3) is 0 Å². The van der Waals surface area contributed by atoms with Crippen molar-refractivity contribution in [2.75, 3.05) is 0 Å². The summed E-state index contributed by atoms with van der Waals surface area (Å²) in [6.07, 6.45) is 1.87. The van der Waals surface area contributed by atoms with Crippen LogP contribution < -0.4 is 4.72 Å². The Kier molecular flexibility index (Phi) is 4.38. The van der Waals surface area contributed by atoms with Gasteiger partial charge in [0.1, 0.15) is 4.90 Å². The van der Waals surface area contributed by atoms with Gasteiger partial charge in [-0.1, -0.05) is 25.4 Å². The number of hydrogen-bond acceptors (Lipinski definition) is 3. The van der Waals surface area contributed by atoms with E-state index in [4.69, 9.17) is 16.9 Å². The average Bonchev–Trinajstić information content (AvgIpc) is 2.69. The third-order valence-electron chi connectivity index (χ3n) is 4.12. The van der Waals surface area contributed by atoms with E-state index in [1.165, 1.54) is 18.2 Å². The maximum Gasteiger partial charge on any atom is 0.242 e. The standard InChI is InChI=1S/C14H17ClN2O2S/c1-9-3-5-13(10(9)2)17-20(18,19)14-6-4-11(8-16)7-12(14)15/h4,6-7,9-10,13,17H,3,5H2,1-2H3. The Bertz CT molecular complexity index is 652. The molecule has 0 heterocycles. The van der Waals surface area contributed by atoms with Crippen molar-refractivity contribution in [3.05, 3.63) is 28.8 Å². The molecule has 3 atom stereocenters. The molecule has 1 aliphatic carbocycles. The van der Waals surface area contributed by atoms with Crippen molar-refractivity contribution in [3.63, 3.8) is 0 Å². The zero-order valence-electron chi connectivity index (χ0n) is 11.4. The highest BCUT2D eigenvalue weighted by Gasteiger charge is 2.33. The molecule has 1 aromatic rings. The first-order valence-corrected chi connectivity index (χ1v) is 8.43. The maximum atomic E-state index is 12.4. The molecule has 0 radical (unpaired) electrons. The Balaban J connectivity index is 2.25. The molecular formula is C14H17ClN2O2S. The third-order valence-corrected chi connectivity index (χ3v) is 6.10. The van der Waals surface area contributed by atoms with Gasteiger partial charge in [-0.25, -0.2) is 13.1 Å².